The minimum atomic E-state index is -3.52. The van der Waals surface area contributed by atoms with Crippen LogP contribution >= 0.6 is 15.9 Å². The number of nitrogens with two attached hydrogens (primary N) is 1. The lowest BCUT2D eigenvalue weighted by Crippen LogP contribution is -2.39. The van der Waals surface area contributed by atoms with Crippen molar-refractivity contribution in [3.63, 3.8) is 0 Å². The fourth-order valence-electron chi connectivity index (χ4n) is 3.39. The molecule has 0 aromatic heterocycles. The SMILES string of the molecule is CN1C2CCC1CN(S(=O)(=O)c1ccc(Br)cc1N)CC2. The van der Waals surface area contributed by atoms with Gasteiger partial charge in [0.2, 0.25) is 10.0 Å². The number of nitrogens with zero attached hydrogens (tertiary/aromatic N) is 2. The zero-order chi connectivity index (χ0) is 15.2. The van der Waals surface area contributed by atoms with Gasteiger partial charge in [-0.2, -0.15) is 4.31 Å². The summed E-state index contributed by atoms with van der Waals surface area (Å²) in [6.07, 6.45) is 3.14. The maximum Gasteiger partial charge on any atom is 0.245 e. The van der Waals surface area contributed by atoms with Crippen molar-refractivity contribution in [2.24, 2.45) is 0 Å². The normalized spacial score (nSPS) is 27.7. The molecule has 21 heavy (non-hydrogen) atoms. The zero-order valence-electron chi connectivity index (χ0n) is 12.0. The summed E-state index contributed by atoms with van der Waals surface area (Å²) < 4.78 is 28.1. The van der Waals surface area contributed by atoms with Gasteiger partial charge >= 0.3 is 0 Å². The number of fused-ring (bicyclic) bond motifs is 2. The van der Waals surface area contributed by atoms with Crippen molar-refractivity contribution in [1.29, 1.82) is 0 Å². The number of nitrogen functional groups attached to an aromatic ring is 1. The highest BCUT2D eigenvalue weighted by Crippen LogP contribution is 2.32. The molecule has 116 valence electrons. The Hall–Kier alpha value is -0.630. The smallest absolute Gasteiger partial charge is 0.245 e. The number of anilines is 1. The van der Waals surface area contributed by atoms with Crippen LogP contribution in [-0.2, 0) is 10.0 Å². The van der Waals surface area contributed by atoms with Crippen LogP contribution in [0.3, 0.4) is 0 Å². The molecule has 2 bridgehead atoms. The number of hydrogen-bond acceptors (Lipinski definition) is 4. The van der Waals surface area contributed by atoms with Gasteiger partial charge in [0.05, 0.1) is 5.69 Å². The Morgan fingerprint density at radius 3 is 2.67 bits per heavy atom. The maximum absolute atomic E-state index is 12.9. The summed E-state index contributed by atoms with van der Waals surface area (Å²) in [4.78, 5) is 2.55. The molecule has 2 saturated heterocycles. The third-order valence-corrected chi connectivity index (χ3v) is 7.13. The van der Waals surface area contributed by atoms with E-state index in [1.54, 1.807) is 22.5 Å². The molecule has 0 aliphatic carbocycles. The summed E-state index contributed by atoms with van der Waals surface area (Å²) in [5.41, 5.74) is 6.21. The molecule has 2 fully saturated rings. The third kappa shape index (κ3) is 2.72. The molecule has 1 aromatic carbocycles. The highest BCUT2D eigenvalue weighted by atomic mass is 79.9. The second kappa shape index (κ2) is 5.53. The van der Waals surface area contributed by atoms with Crippen LogP contribution in [0.4, 0.5) is 5.69 Å². The average Bonchev–Trinajstić information content (AvgIpc) is 2.61. The van der Waals surface area contributed by atoms with Gasteiger partial charge in [-0.25, -0.2) is 8.42 Å². The van der Waals surface area contributed by atoms with Crippen molar-refractivity contribution < 1.29 is 8.42 Å². The number of sulfonamides is 1. The molecule has 0 radical (unpaired) electrons. The second-order valence-electron chi connectivity index (χ2n) is 5.88. The highest BCUT2D eigenvalue weighted by Gasteiger charge is 2.39. The Labute approximate surface area is 134 Å². The molecule has 2 N–H and O–H groups in total. The predicted molar refractivity (Wildman–Crippen MR) is 86.5 cm³/mol. The summed E-state index contributed by atoms with van der Waals surface area (Å²) in [5, 5.41) is 0. The molecular weight excluding hydrogens is 354 g/mol. The molecular formula is C14H20BrN3O2S. The first-order valence-electron chi connectivity index (χ1n) is 7.16. The van der Waals surface area contributed by atoms with Gasteiger partial charge in [-0.05, 0) is 44.5 Å². The molecule has 7 heteroatoms. The summed E-state index contributed by atoms with van der Waals surface area (Å²) in [5.74, 6) is 0. The van der Waals surface area contributed by atoms with E-state index in [-0.39, 0.29) is 4.90 Å². The molecule has 0 saturated carbocycles. The van der Waals surface area contributed by atoms with Crippen LogP contribution in [0.5, 0.6) is 0 Å². The van der Waals surface area contributed by atoms with E-state index in [0.29, 0.717) is 30.9 Å². The fourth-order valence-corrected chi connectivity index (χ4v) is 5.36. The predicted octanol–water partition coefficient (Wildman–Crippen LogP) is 1.89. The van der Waals surface area contributed by atoms with Crippen molar-refractivity contribution >= 4 is 31.6 Å². The number of hydrogen-bond donors (Lipinski definition) is 1. The largest absolute Gasteiger partial charge is 0.398 e. The number of benzene rings is 1. The van der Waals surface area contributed by atoms with Gasteiger partial charge in [-0.3, -0.25) is 4.90 Å². The molecule has 2 aliphatic heterocycles. The zero-order valence-corrected chi connectivity index (χ0v) is 14.4. The Morgan fingerprint density at radius 2 is 1.95 bits per heavy atom. The van der Waals surface area contributed by atoms with Crippen LogP contribution in [0.2, 0.25) is 0 Å². The quantitative estimate of drug-likeness (QED) is 0.803. The van der Waals surface area contributed by atoms with E-state index in [1.807, 2.05) is 0 Å². The van der Waals surface area contributed by atoms with E-state index in [2.05, 4.69) is 27.9 Å². The van der Waals surface area contributed by atoms with Crippen LogP contribution in [0.15, 0.2) is 27.6 Å². The minimum Gasteiger partial charge on any atom is -0.398 e. The number of halogens is 1. The van der Waals surface area contributed by atoms with Gasteiger partial charge in [-0.15, -0.1) is 0 Å². The van der Waals surface area contributed by atoms with Crippen LogP contribution in [0.25, 0.3) is 0 Å². The van der Waals surface area contributed by atoms with E-state index < -0.39 is 10.0 Å². The first-order valence-corrected chi connectivity index (χ1v) is 9.40. The Bertz CT molecular complexity index is 650. The van der Waals surface area contributed by atoms with Crippen molar-refractivity contribution in [2.45, 2.75) is 36.2 Å². The topological polar surface area (TPSA) is 66.6 Å². The first-order chi connectivity index (χ1) is 9.89. The monoisotopic (exact) mass is 373 g/mol. The molecule has 5 nitrogen and oxygen atoms in total. The van der Waals surface area contributed by atoms with Gasteiger partial charge in [0, 0.05) is 29.6 Å². The molecule has 0 amide bonds. The van der Waals surface area contributed by atoms with Crippen molar-refractivity contribution in [3.05, 3.63) is 22.7 Å². The molecule has 2 atom stereocenters. The standard InChI is InChI=1S/C14H20BrN3O2S/c1-17-11-3-4-12(17)9-18(7-6-11)21(19,20)14-5-2-10(15)8-13(14)16/h2,5,8,11-12H,3-4,6-7,9,16H2,1H3. The van der Waals surface area contributed by atoms with Gasteiger partial charge in [0.25, 0.3) is 0 Å². The lowest BCUT2D eigenvalue weighted by atomic mass is 10.1. The summed E-state index contributed by atoms with van der Waals surface area (Å²) >= 11 is 3.31. The summed E-state index contributed by atoms with van der Waals surface area (Å²) in [7, 11) is -1.41. The average molecular weight is 374 g/mol. The molecule has 1 aromatic rings. The van der Waals surface area contributed by atoms with E-state index in [9.17, 15) is 8.42 Å². The number of rotatable bonds is 2. The third-order valence-electron chi connectivity index (χ3n) is 4.70. The lowest BCUT2D eigenvalue weighted by molar-refractivity contribution is 0.246. The minimum absolute atomic E-state index is 0.214. The second-order valence-corrected chi connectivity index (χ2v) is 8.71. The summed E-state index contributed by atoms with van der Waals surface area (Å²) in [6, 6.07) is 5.78. The molecule has 2 heterocycles. The molecule has 0 spiro atoms. The Balaban J connectivity index is 1.91. The van der Waals surface area contributed by atoms with E-state index in [0.717, 1.165) is 17.3 Å². The van der Waals surface area contributed by atoms with E-state index in [4.69, 9.17) is 5.73 Å². The van der Waals surface area contributed by atoms with Gasteiger partial charge in [0.15, 0.2) is 0 Å². The van der Waals surface area contributed by atoms with Crippen LogP contribution in [0.1, 0.15) is 19.3 Å². The van der Waals surface area contributed by atoms with Crippen LogP contribution in [-0.4, -0.2) is 49.8 Å². The number of likely N-dealkylation sites (N-methyl/N-ethyl adjacent to an activating group) is 1. The lowest BCUT2D eigenvalue weighted by Gasteiger charge is -2.25. The van der Waals surface area contributed by atoms with Gasteiger partial charge in [0.1, 0.15) is 4.90 Å². The molecule has 3 rings (SSSR count). The van der Waals surface area contributed by atoms with Crippen molar-refractivity contribution in [1.82, 2.24) is 9.21 Å². The Kier molecular flexibility index (Phi) is 4.02. The molecule has 2 aliphatic rings. The molecule has 2 unspecified atom stereocenters. The van der Waals surface area contributed by atoms with Crippen molar-refractivity contribution in [2.75, 3.05) is 25.9 Å². The van der Waals surface area contributed by atoms with Gasteiger partial charge < -0.3 is 5.73 Å². The Morgan fingerprint density at radius 1 is 1.24 bits per heavy atom. The summed E-state index contributed by atoms with van der Waals surface area (Å²) in [6.45, 7) is 1.13. The van der Waals surface area contributed by atoms with Crippen LogP contribution < -0.4 is 5.73 Å². The van der Waals surface area contributed by atoms with Crippen LogP contribution in [0, 0.1) is 0 Å². The maximum atomic E-state index is 12.9. The highest BCUT2D eigenvalue weighted by molar-refractivity contribution is 9.10. The fraction of sp³-hybridized carbons (Fsp3) is 0.571. The van der Waals surface area contributed by atoms with Gasteiger partial charge in [-0.1, -0.05) is 15.9 Å². The van der Waals surface area contributed by atoms with E-state index in [1.165, 1.54) is 6.42 Å². The van der Waals surface area contributed by atoms with Crippen molar-refractivity contribution in [3.8, 4) is 0 Å². The first kappa shape index (κ1) is 15.3. The van der Waals surface area contributed by atoms with E-state index >= 15 is 0 Å².